The van der Waals surface area contributed by atoms with Gasteiger partial charge < -0.3 is 10.1 Å². The molecule has 3 rings (SSSR count). The van der Waals surface area contributed by atoms with Crippen LogP contribution in [0.3, 0.4) is 0 Å². The molecule has 0 fully saturated rings. The summed E-state index contributed by atoms with van der Waals surface area (Å²) in [4.78, 5) is 1.56. The van der Waals surface area contributed by atoms with Crippen molar-refractivity contribution in [3.05, 3.63) is 43.7 Å². The first-order valence-corrected chi connectivity index (χ1v) is 8.34. The fourth-order valence-corrected chi connectivity index (χ4v) is 4.68. The van der Waals surface area contributed by atoms with E-state index in [0.29, 0.717) is 6.04 Å². The number of benzene rings is 1. The molecule has 1 aliphatic carbocycles. The molecule has 100 valence electrons. The number of hydrogen-bond donors (Lipinski definition) is 1. The molecule has 1 aromatic carbocycles. The van der Waals surface area contributed by atoms with E-state index in [-0.39, 0.29) is 0 Å². The third-order valence-electron chi connectivity index (χ3n) is 3.51. The maximum absolute atomic E-state index is 5.19. The Kier molecular flexibility index (Phi) is 3.98. The molecular formula is C15H16INOS. The number of anilines is 1. The van der Waals surface area contributed by atoms with Crippen molar-refractivity contribution in [2.75, 3.05) is 12.4 Å². The average molecular weight is 385 g/mol. The van der Waals surface area contributed by atoms with Gasteiger partial charge in [-0.3, -0.25) is 0 Å². The van der Waals surface area contributed by atoms with E-state index < -0.39 is 0 Å². The van der Waals surface area contributed by atoms with Gasteiger partial charge in [0.1, 0.15) is 5.75 Å². The van der Waals surface area contributed by atoms with Crippen molar-refractivity contribution >= 4 is 39.6 Å². The van der Waals surface area contributed by atoms with Crippen LogP contribution in [0.2, 0.25) is 0 Å². The van der Waals surface area contributed by atoms with Crippen LogP contribution in [0.15, 0.2) is 30.3 Å². The van der Waals surface area contributed by atoms with E-state index in [9.17, 15) is 0 Å². The van der Waals surface area contributed by atoms with E-state index in [2.05, 4.69) is 46.1 Å². The number of rotatable bonds is 3. The Morgan fingerprint density at radius 1 is 1.32 bits per heavy atom. The molecule has 0 spiro atoms. The molecular weight excluding hydrogens is 369 g/mol. The minimum absolute atomic E-state index is 0.455. The van der Waals surface area contributed by atoms with Gasteiger partial charge in [0.15, 0.2) is 0 Å². The van der Waals surface area contributed by atoms with Gasteiger partial charge in [-0.15, -0.1) is 11.3 Å². The lowest BCUT2D eigenvalue weighted by atomic mass is 9.94. The van der Waals surface area contributed by atoms with Crippen molar-refractivity contribution in [2.24, 2.45) is 0 Å². The number of fused-ring (bicyclic) bond motifs is 1. The molecule has 19 heavy (non-hydrogen) atoms. The highest BCUT2D eigenvalue weighted by Crippen LogP contribution is 2.38. The largest absolute Gasteiger partial charge is 0.497 e. The van der Waals surface area contributed by atoms with E-state index >= 15 is 0 Å². The first kappa shape index (κ1) is 13.2. The van der Waals surface area contributed by atoms with Gasteiger partial charge in [-0.25, -0.2) is 0 Å². The second-order valence-electron chi connectivity index (χ2n) is 4.75. The zero-order chi connectivity index (χ0) is 13.2. The number of ether oxygens (including phenoxy) is 1. The van der Waals surface area contributed by atoms with E-state index in [1.807, 2.05) is 23.5 Å². The molecule has 1 aromatic heterocycles. The van der Waals surface area contributed by atoms with Crippen molar-refractivity contribution in [1.29, 1.82) is 0 Å². The molecule has 0 saturated heterocycles. The smallest absolute Gasteiger partial charge is 0.119 e. The molecule has 0 aliphatic heterocycles. The van der Waals surface area contributed by atoms with Crippen molar-refractivity contribution in [3.63, 3.8) is 0 Å². The Hall–Kier alpha value is -0.750. The summed E-state index contributed by atoms with van der Waals surface area (Å²) in [5.41, 5.74) is 2.66. The lowest BCUT2D eigenvalue weighted by Crippen LogP contribution is -2.15. The molecule has 0 amide bonds. The predicted molar refractivity (Wildman–Crippen MR) is 89.3 cm³/mol. The third-order valence-corrected chi connectivity index (χ3v) is 5.49. The molecule has 1 heterocycles. The minimum Gasteiger partial charge on any atom is -0.497 e. The van der Waals surface area contributed by atoms with Gasteiger partial charge in [0.25, 0.3) is 0 Å². The monoisotopic (exact) mass is 385 g/mol. The van der Waals surface area contributed by atoms with E-state index in [0.717, 1.165) is 5.75 Å². The van der Waals surface area contributed by atoms with E-state index in [1.54, 1.807) is 12.0 Å². The third kappa shape index (κ3) is 2.89. The second kappa shape index (κ2) is 5.71. The number of halogens is 1. The van der Waals surface area contributed by atoms with E-state index in [4.69, 9.17) is 4.74 Å². The standard InChI is InChI=1S/C15H16INOS/c1-18-11-7-5-10(6-8-11)17-13-3-2-4-14-12(13)9-15(16)19-14/h5-9,13,17H,2-4H2,1H3. The molecule has 0 radical (unpaired) electrons. The van der Waals surface area contributed by atoms with Crippen molar-refractivity contribution in [3.8, 4) is 5.75 Å². The van der Waals surface area contributed by atoms with Crippen LogP contribution in [-0.4, -0.2) is 7.11 Å². The first-order valence-electron chi connectivity index (χ1n) is 6.45. The van der Waals surface area contributed by atoms with Crippen molar-refractivity contribution < 1.29 is 4.74 Å². The Labute approximate surface area is 131 Å². The zero-order valence-corrected chi connectivity index (χ0v) is 13.8. The summed E-state index contributed by atoms with van der Waals surface area (Å²) >= 11 is 4.36. The van der Waals surface area contributed by atoms with Crippen LogP contribution in [0.5, 0.6) is 5.75 Å². The van der Waals surface area contributed by atoms with Gasteiger partial charge in [-0.2, -0.15) is 0 Å². The van der Waals surface area contributed by atoms with Crippen LogP contribution < -0.4 is 10.1 Å². The molecule has 1 aliphatic rings. The quantitative estimate of drug-likeness (QED) is 0.763. The normalized spacial score (nSPS) is 17.9. The van der Waals surface area contributed by atoms with Crippen LogP contribution in [0.25, 0.3) is 0 Å². The van der Waals surface area contributed by atoms with Gasteiger partial charge >= 0.3 is 0 Å². The Morgan fingerprint density at radius 3 is 2.84 bits per heavy atom. The molecule has 1 N–H and O–H groups in total. The molecule has 0 bridgehead atoms. The van der Waals surface area contributed by atoms with Crippen molar-refractivity contribution in [2.45, 2.75) is 25.3 Å². The highest BCUT2D eigenvalue weighted by atomic mass is 127. The summed E-state index contributed by atoms with van der Waals surface area (Å²) in [6, 6.07) is 11.0. The van der Waals surface area contributed by atoms with Gasteiger partial charge in [0.05, 0.1) is 16.0 Å². The summed E-state index contributed by atoms with van der Waals surface area (Å²) in [5.74, 6) is 0.903. The topological polar surface area (TPSA) is 21.3 Å². The Bertz CT molecular complexity index is 564. The summed E-state index contributed by atoms with van der Waals surface area (Å²) in [6.45, 7) is 0. The summed E-state index contributed by atoms with van der Waals surface area (Å²) in [6.07, 6.45) is 3.73. The zero-order valence-electron chi connectivity index (χ0n) is 10.8. The number of hydrogen-bond acceptors (Lipinski definition) is 3. The second-order valence-corrected chi connectivity index (χ2v) is 7.78. The Balaban J connectivity index is 1.79. The van der Waals surface area contributed by atoms with Crippen LogP contribution in [-0.2, 0) is 6.42 Å². The maximum Gasteiger partial charge on any atom is 0.119 e. The highest BCUT2D eigenvalue weighted by molar-refractivity contribution is 14.1. The predicted octanol–water partition coefficient (Wildman–Crippen LogP) is 4.85. The summed E-state index contributed by atoms with van der Waals surface area (Å²) < 4.78 is 6.59. The van der Waals surface area contributed by atoms with Crippen LogP contribution >= 0.6 is 33.9 Å². The van der Waals surface area contributed by atoms with Gasteiger partial charge in [0.2, 0.25) is 0 Å². The number of methoxy groups -OCH3 is 1. The lowest BCUT2D eigenvalue weighted by Gasteiger charge is -2.24. The fraction of sp³-hybridized carbons (Fsp3) is 0.333. The van der Waals surface area contributed by atoms with Gasteiger partial charge in [-0.1, -0.05) is 0 Å². The minimum atomic E-state index is 0.455. The lowest BCUT2D eigenvalue weighted by molar-refractivity contribution is 0.415. The number of thiophene rings is 1. The molecule has 2 nitrogen and oxygen atoms in total. The average Bonchev–Trinajstić information content (AvgIpc) is 2.81. The molecule has 0 saturated carbocycles. The first-order chi connectivity index (χ1) is 9.26. The molecule has 1 unspecified atom stereocenters. The Morgan fingerprint density at radius 2 is 2.11 bits per heavy atom. The summed E-state index contributed by atoms with van der Waals surface area (Å²) in [7, 11) is 1.70. The number of nitrogens with one attached hydrogen (secondary N) is 1. The van der Waals surface area contributed by atoms with Gasteiger partial charge in [0, 0.05) is 10.6 Å². The molecule has 4 heteroatoms. The highest BCUT2D eigenvalue weighted by Gasteiger charge is 2.22. The van der Waals surface area contributed by atoms with Crippen LogP contribution in [0, 0.1) is 2.88 Å². The van der Waals surface area contributed by atoms with Crippen LogP contribution in [0.1, 0.15) is 29.3 Å². The van der Waals surface area contributed by atoms with Gasteiger partial charge in [-0.05, 0) is 77.7 Å². The maximum atomic E-state index is 5.19. The fourth-order valence-electron chi connectivity index (χ4n) is 2.56. The summed E-state index contributed by atoms with van der Waals surface area (Å²) in [5, 5.41) is 3.65. The SMILES string of the molecule is COc1ccc(NC2CCCc3sc(I)cc32)cc1. The van der Waals surface area contributed by atoms with Crippen LogP contribution in [0.4, 0.5) is 5.69 Å². The molecule has 2 aromatic rings. The number of aryl methyl sites for hydroxylation is 1. The van der Waals surface area contributed by atoms with Crippen molar-refractivity contribution in [1.82, 2.24) is 0 Å². The van der Waals surface area contributed by atoms with E-state index in [1.165, 1.54) is 33.4 Å². The molecule has 1 atom stereocenters.